The van der Waals surface area contributed by atoms with Gasteiger partial charge in [-0.2, -0.15) is 4.73 Å². The van der Waals surface area contributed by atoms with Gasteiger partial charge in [-0.15, -0.1) is 0 Å². The molecule has 0 radical (unpaired) electrons. The van der Waals surface area contributed by atoms with Gasteiger partial charge in [0.2, 0.25) is 0 Å². The molecule has 2 aromatic rings. The van der Waals surface area contributed by atoms with Gasteiger partial charge in [0.05, 0.1) is 23.3 Å². The average Bonchev–Trinajstić information content (AvgIpc) is 2.40. The fraction of sp³-hybridized carbons (Fsp3) is 0.0769. The monoisotopic (exact) mass is 311 g/mol. The second-order valence-corrected chi connectivity index (χ2v) is 4.82. The van der Waals surface area contributed by atoms with Crippen LogP contribution < -0.4 is 11.2 Å². The van der Waals surface area contributed by atoms with Crippen LogP contribution in [0, 0.1) is 0 Å². The Labute approximate surface area is 124 Å². The molecule has 1 aromatic heterocycles. The highest BCUT2D eigenvalue weighted by atomic mass is 35.5. The SMILES string of the molecule is NC(=O)c1cn(O)c(=NCc2ccccc2Cl)cc1Cl. The molecule has 7 heteroatoms. The quantitative estimate of drug-likeness (QED) is 0.852. The van der Waals surface area contributed by atoms with Crippen molar-refractivity contribution < 1.29 is 10.0 Å². The molecule has 5 nitrogen and oxygen atoms in total. The Bertz CT molecular complexity index is 726. The van der Waals surface area contributed by atoms with E-state index in [-0.39, 0.29) is 22.6 Å². The summed E-state index contributed by atoms with van der Waals surface area (Å²) in [6, 6.07) is 8.59. The largest absolute Gasteiger partial charge is 0.427 e. The third kappa shape index (κ3) is 3.12. The predicted octanol–water partition coefficient (Wildman–Crippen LogP) is 2.23. The Morgan fingerprint density at radius 1 is 1.30 bits per heavy atom. The van der Waals surface area contributed by atoms with Crippen molar-refractivity contribution in [1.29, 1.82) is 0 Å². The van der Waals surface area contributed by atoms with Gasteiger partial charge in [0.25, 0.3) is 5.91 Å². The minimum atomic E-state index is -0.726. The van der Waals surface area contributed by atoms with E-state index in [4.69, 9.17) is 28.9 Å². The Morgan fingerprint density at radius 2 is 2.00 bits per heavy atom. The van der Waals surface area contributed by atoms with E-state index in [2.05, 4.69) is 4.99 Å². The van der Waals surface area contributed by atoms with Gasteiger partial charge in [0, 0.05) is 11.1 Å². The zero-order valence-electron chi connectivity index (χ0n) is 10.3. The second-order valence-electron chi connectivity index (χ2n) is 4.01. The number of benzene rings is 1. The number of pyridine rings is 1. The first-order valence-electron chi connectivity index (χ1n) is 5.64. The maximum absolute atomic E-state index is 11.1. The van der Waals surface area contributed by atoms with Crippen molar-refractivity contribution in [2.24, 2.45) is 10.7 Å². The topological polar surface area (TPSA) is 80.6 Å². The fourth-order valence-electron chi connectivity index (χ4n) is 1.60. The number of primary amides is 1. The van der Waals surface area contributed by atoms with Crippen molar-refractivity contribution in [3.8, 4) is 0 Å². The highest BCUT2D eigenvalue weighted by Gasteiger charge is 2.08. The average molecular weight is 312 g/mol. The Balaban J connectivity index is 2.39. The number of hydrogen-bond donors (Lipinski definition) is 2. The first kappa shape index (κ1) is 14.4. The molecule has 1 amide bonds. The number of rotatable bonds is 3. The van der Waals surface area contributed by atoms with Crippen LogP contribution in [0.5, 0.6) is 0 Å². The van der Waals surface area contributed by atoms with Crippen LogP contribution in [0.4, 0.5) is 0 Å². The van der Waals surface area contributed by atoms with Crippen molar-refractivity contribution in [2.45, 2.75) is 6.54 Å². The van der Waals surface area contributed by atoms with Crippen LogP contribution in [0.25, 0.3) is 0 Å². The van der Waals surface area contributed by atoms with Crippen LogP contribution in [0.3, 0.4) is 0 Å². The summed E-state index contributed by atoms with van der Waals surface area (Å²) in [5.41, 5.74) is 6.15. The molecule has 1 heterocycles. The predicted molar refractivity (Wildman–Crippen MR) is 75.9 cm³/mol. The summed E-state index contributed by atoms with van der Waals surface area (Å²) in [5, 5.41) is 10.4. The molecule has 1 aromatic carbocycles. The minimum Gasteiger partial charge on any atom is -0.427 e. The number of aromatic nitrogens is 1. The van der Waals surface area contributed by atoms with Gasteiger partial charge in [-0.05, 0) is 11.6 Å². The van der Waals surface area contributed by atoms with Crippen LogP contribution >= 0.6 is 23.2 Å². The molecule has 2 rings (SSSR count). The van der Waals surface area contributed by atoms with Crippen molar-refractivity contribution in [2.75, 3.05) is 0 Å². The number of amides is 1. The van der Waals surface area contributed by atoms with Gasteiger partial charge in [0.1, 0.15) is 0 Å². The summed E-state index contributed by atoms with van der Waals surface area (Å²) in [6.07, 6.45) is 1.12. The van der Waals surface area contributed by atoms with E-state index in [9.17, 15) is 10.0 Å². The molecular weight excluding hydrogens is 301 g/mol. The maximum Gasteiger partial charge on any atom is 0.251 e. The lowest BCUT2D eigenvalue weighted by molar-refractivity contribution is 0.0993. The third-order valence-electron chi connectivity index (χ3n) is 2.63. The minimum absolute atomic E-state index is 0.0193. The molecule has 0 aliphatic carbocycles. The molecule has 0 aliphatic heterocycles. The number of nitrogens with two attached hydrogens (primary N) is 1. The molecule has 104 valence electrons. The number of halogens is 2. The summed E-state index contributed by atoms with van der Waals surface area (Å²) in [5.74, 6) is -0.726. The standard InChI is InChI=1S/C13H11Cl2N3O2/c14-10-4-2-1-3-8(10)6-17-12-5-11(15)9(13(16)19)7-18(12)20/h1-5,7,20H,6H2,(H2,16,19). The highest BCUT2D eigenvalue weighted by molar-refractivity contribution is 6.33. The summed E-state index contributed by atoms with van der Waals surface area (Å²) >= 11 is 11.9. The normalized spacial score (nSPS) is 11.6. The van der Waals surface area contributed by atoms with Crippen LogP contribution in [0.15, 0.2) is 41.5 Å². The van der Waals surface area contributed by atoms with E-state index in [0.717, 1.165) is 11.8 Å². The Morgan fingerprint density at radius 3 is 2.65 bits per heavy atom. The van der Waals surface area contributed by atoms with Gasteiger partial charge in [-0.1, -0.05) is 41.4 Å². The lowest BCUT2D eigenvalue weighted by Crippen LogP contribution is -2.22. The fourth-order valence-corrected chi connectivity index (χ4v) is 2.03. The van der Waals surface area contributed by atoms with E-state index in [1.807, 2.05) is 18.2 Å². The number of hydrogen-bond acceptors (Lipinski definition) is 3. The molecule has 0 saturated heterocycles. The first-order chi connectivity index (χ1) is 9.49. The molecule has 0 unspecified atom stereocenters. The Hall–Kier alpha value is -1.98. The van der Waals surface area contributed by atoms with Crippen molar-refractivity contribution >= 4 is 29.1 Å². The van der Waals surface area contributed by atoms with Crippen LogP contribution in [-0.2, 0) is 6.54 Å². The first-order valence-corrected chi connectivity index (χ1v) is 6.40. The van der Waals surface area contributed by atoms with Crippen LogP contribution in [0.2, 0.25) is 10.0 Å². The lowest BCUT2D eigenvalue weighted by atomic mass is 10.2. The summed E-state index contributed by atoms with van der Waals surface area (Å²) in [4.78, 5) is 15.3. The highest BCUT2D eigenvalue weighted by Crippen LogP contribution is 2.15. The summed E-state index contributed by atoms with van der Waals surface area (Å²) in [7, 11) is 0. The van der Waals surface area contributed by atoms with E-state index in [0.29, 0.717) is 9.75 Å². The molecule has 0 saturated carbocycles. The third-order valence-corrected chi connectivity index (χ3v) is 3.32. The summed E-state index contributed by atoms with van der Waals surface area (Å²) < 4.78 is 0.697. The number of carbonyl (C=O) groups excluding carboxylic acids is 1. The van der Waals surface area contributed by atoms with E-state index in [1.54, 1.807) is 6.07 Å². The Kier molecular flexibility index (Phi) is 4.32. The van der Waals surface area contributed by atoms with Gasteiger partial charge < -0.3 is 10.9 Å². The molecule has 0 spiro atoms. The van der Waals surface area contributed by atoms with Gasteiger partial charge in [-0.25, -0.2) is 0 Å². The summed E-state index contributed by atoms with van der Waals surface area (Å²) in [6.45, 7) is 0.270. The van der Waals surface area contributed by atoms with Gasteiger partial charge in [0.15, 0.2) is 5.49 Å². The molecule has 20 heavy (non-hydrogen) atoms. The van der Waals surface area contributed by atoms with E-state index >= 15 is 0 Å². The molecule has 0 aliphatic rings. The van der Waals surface area contributed by atoms with Crippen molar-refractivity contribution in [1.82, 2.24) is 4.73 Å². The number of nitrogens with zero attached hydrogens (tertiary/aromatic N) is 2. The smallest absolute Gasteiger partial charge is 0.251 e. The second kappa shape index (κ2) is 5.98. The van der Waals surface area contributed by atoms with E-state index in [1.165, 1.54) is 6.07 Å². The molecule has 3 N–H and O–H groups in total. The van der Waals surface area contributed by atoms with Crippen molar-refractivity contribution in [3.05, 3.63) is 63.2 Å². The molecular formula is C13H11Cl2N3O2. The lowest BCUT2D eigenvalue weighted by Gasteiger charge is -2.04. The van der Waals surface area contributed by atoms with Gasteiger partial charge >= 0.3 is 0 Å². The van der Waals surface area contributed by atoms with E-state index < -0.39 is 5.91 Å². The van der Waals surface area contributed by atoms with Crippen LogP contribution in [-0.4, -0.2) is 15.8 Å². The van der Waals surface area contributed by atoms with Crippen molar-refractivity contribution in [3.63, 3.8) is 0 Å². The zero-order valence-corrected chi connectivity index (χ0v) is 11.8. The maximum atomic E-state index is 11.1. The van der Waals surface area contributed by atoms with Gasteiger partial charge in [-0.3, -0.25) is 9.79 Å². The zero-order chi connectivity index (χ0) is 14.7. The van der Waals surface area contributed by atoms with Crippen LogP contribution in [0.1, 0.15) is 15.9 Å². The molecule has 0 fully saturated rings. The molecule has 0 bridgehead atoms. The number of carbonyl (C=O) groups is 1. The molecule has 0 atom stereocenters.